The quantitative estimate of drug-likeness (QED) is 0.230. The third kappa shape index (κ3) is 3.70. The molecule has 7 rings (SSSR count). The van der Waals surface area contributed by atoms with Crippen LogP contribution in [-0.4, -0.2) is 33.7 Å². The van der Waals surface area contributed by atoms with Crippen LogP contribution in [0.25, 0.3) is 28.0 Å². The van der Waals surface area contributed by atoms with Gasteiger partial charge in [0, 0.05) is 24.1 Å². The number of fused-ring (bicyclic) bond motifs is 6. The number of ether oxygens (including phenoxy) is 1. The molecule has 0 aliphatic carbocycles. The maximum atomic E-state index is 13.6. The van der Waals surface area contributed by atoms with Crippen molar-refractivity contribution in [3.8, 4) is 23.0 Å². The number of para-hydroxylation sites is 1. The maximum Gasteiger partial charge on any atom is 0.344 e. The molecule has 39 heavy (non-hydrogen) atoms. The lowest BCUT2D eigenvalue weighted by Gasteiger charge is -2.28. The van der Waals surface area contributed by atoms with Crippen LogP contribution in [0, 0.1) is 5.82 Å². The normalized spacial score (nSPS) is 14.2. The van der Waals surface area contributed by atoms with Crippen LogP contribution in [0.15, 0.2) is 86.7 Å². The van der Waals surface area contributed by atoms with Crippen molar-refractivity contribution in [2.45, 2.75) is 5.92 Å². The van der Waals surface area contributed by atoms with Crippen LogP contribution in [0.3, 0.4) is 0 Å². The van der Waals surface area contributed by atoms with Crippen molar-refractivity contribution in [2.24, 2.45) is 0 Å². The van der Waals surface area contributed by atoms with E-state index in [0.29, 0.717) is 50.8 Å². The number of rotatable bonds is 3. The topological polar surface area (TPSA) is 85.8 Å². The molecule has 192 valence electrons. The minimum atomic E-state index is -0.612. The first-order valence-corrected chi connectivity index (χ1v) is 12.9. The Morgan fingerprint density at radius 2 is 1.82 bits per heavy atom. The van der Waals surface area contributed by atoms with Crippen molar-refractivity contribution in [1.82, 2.24) is 19.6 Å². The monoisotopic (exact) mass is 583 g/mol. The van der Waals surface area contributed by atoms with E-state index in [-0.39, 0.29) is 5.82 Å². The Morgan fingerprint density at radius 3 is 2.59 bits per heavy atom. The summed E-state index contributed by atoms with van der Waals surface area (Å²) in [5, 5.41) is 5.25. The Morgan fingerprint density at radius 1 is 1.03 bits per heavy atom. The van der Waals surface area contributed by atoms with E-state index in [1.165, 1.54) is 18.5 Å². The molecule has 3 aromatic heterocycles. The highest BCUT2D eigenvalue weighted by Gasteiger charge is 2.37. The fourth-order valence-electron chi connectivity index (χ4n) is 5.05. The average molecular weight is 584 g/mol. The Labute approximate surface area is 229 Å². The molecule has 0 bridgehead atoms. The van der Waals surface area contributed by atoms with Crippen LogP contribution in [0.4, 0.5) is 10.1 Å². The first-order chi connectivity index (χ1) is 18.9. The Bertz CT molecular complexity index is 1980. The average Bonchev–Trinajstić information content (AvgIpc) is 3.37. The molecule has 0 radical (unpaired) electrons. The van der Waals surface area contributed by atoms with Gasteiger partial charge in [-0.05, 0) is 70.0 Å². The first-order valence-electron chi connectivity index (χ1n) is 12.1. The van der Waals surface area contributed by atoms with Crippen LogP contribution in [0.2, 0.25) is 0 Å². The molecule has 6 aromatic rings. The van der Waals surface area contributed by atoms with Gasteiger partial charge in [-0.2, -0.15) is 0 Å². The number of aromatic nitrogens is 4. The van der Waals surface area contributed by atoms with E-state index in [9.17, 15) is 9.18 Å². The van der Waals surface area contributed by atoms with Crippen molar-refractivity contribution in [3.05, 3.63) is 110 Å². The highest BCUT2D eigenvalue weighted by atomic mass is 79.9. The molecule has 8 nitrogen and oxygen atoms in total. The van der Waals surface area contributed by atoms with Crippen molar-refractivity contribution in [2.75, 3.05) is 19.0 Å². The molecular formula is C29H19BrFN5O3. The van der Waals surface area contributed by atoms with E-state index in [4.69, 9.17) is 14.1 Å². The molecule has 10 heteroatoms. The zero-order valence-electron chi connectivity index (χ0n) is 20.7. The van der Waals surface area contributed by atoms with Gasteiger partial charge in [-0.15, -0.1) is 5.10 Å². The molecule has 0 saturated carbocycles. The Hall–Kier alpha value is -4.57. The van der Waals surface area contributed by atoms with Crippen molar-refractivity contribution in [1.29, 1.82) is 0 Å². The van der Waals surface area contributed by atoms with Crippen LogP contribution < -0.4 is 15.3 Å². The van der Waals surface area contributed by atoms with Gasteiger partial charge in [-0.3, -0.25) is 0 Å². The number of anilines is 1. The maximum absolute atomic E-state index is 13.6. The molecule has 1 aliphatic heterocycles. The Balaban J connectivity index is 1.53. The summed E-state index contributed by atoms with van der Waals surface area (Å²) in [4.78, 5) is 24.9. The SMILES string of the molecule is CN(C)c1ccc(C2c3c(c4ccccc4oc3=O)Oc3ncn4nc(-c5ccc(F)cc5)nc4c32)cc1Br. The third-order valence-corrected chi connectivity index (χ3v) is 7.49. The molecule has 1 atom stereocenters. The third-order valence-electron chi connectivity index (χ3n) is 6.85. The lowest BCUT2D eigenvalue weighted by Crippen LogP contribution is -2.22. The molecule has 0 fully saturated rings. The molecule has 3 aromatic carbocycles. The van der Waals surface area contributed by atoms with Crippen molar-refractivity contribution in [3.63, 3.8) is 0 Å². The van der Waals surface area contributed by atoms with E-state index >= 15 is 0 Å². The predicted molar refractivity (Wildman–Crippen MR) is 148 cm³/mol. The van der Waals surface area contributed by atoms with Crippen LogP contribution in [-0.2, 0) is 0 Å². The summed E-state index contributed by atoms with van der Waals surface area (Å²) in [5.41, 5.74) is 3.77. The number of hydrogen-bond donors (Lipinski definition) is 0. The predicted octanol–water partition coefficient (Wildman–Crippen LogP) is 6.15. The second-order valence-electron chi connectivity index (χ2n) is 9.44. The first kappa shape index (κ1) is 23.5. The highest BCUT2D eigenvalue weighted by molar-refractivity contribution is 9.10. The molecule has 0 amide bonds. The smallest absolute Gasteiger partial charge is 0.344 e. The number of nitrogens with zero attached hydrogens (tertiary/aromatic N) is 5. The lowest BCUT2D eigenvalue weighted by atomic mass is 9.84. The summed E-state index contributed by atoms with van der Waals surface area (Å²) in [6.07, 6.45) is 1.52. The summed E-state index contributed by atoms with van der Waals surface area (Å²) in [6, 6.07) is 19.1. The molecule has 4 heterocycles. The van der Waals surface area contributed by atoms with Crippen LogP contribution in [0.5, 0.6) is 11.6 Å². The second-order valence-corrected chi connectivity index (χ2v) is 10.3. The fraction of sp³-hybridized carbons (Fsp3) is 0.103. The standard InChI is InChI=1S/C29H19BrFN5O3/c1-35(2)20-12-9-16(13-19(20)30)22-23-25(18-5-3-4-6-21(18)38-29(23)37)39-28-24(22)27-33-26(34-36(27)14-32-28)15-7-10-17(31)11-8-15/h3-14,22H,1-2H3. The number of halogens is 2. The lowest BCUT2D eigenvalue weighted by molar-refractivity contribution is 0.422. The fourth-order valence-corrected chi connectivity index (χ4v) is 5.80. The van der Waals surface area contributed by atoms with Gasteiger partial charge < -0.3 is 14.1 Å². The van der Waals surface area contributed by atoms with Gasteiger partial charge in [0.05, 0.1) is 28.1 Å². The summed E-state index contributed by atoms with van der Waals surface area (Å²) in [7, 11) is 3.92. The molecular weight excluding hydrogens is 565 g/mol. The van der Waals surface area contributed by atoms with Gasteiger partial charge in [0.15, 0.2) is 17.2 Å². The van der Waals surface area contributed by atoms with E-state index < -0.39 is 11.5 Å². The van der Waals surface area contributed by atoms with E-state index in [2.05, 4.69) is 26.0 Å². The van der Waals surface area contributed by atoms with Gasteiger partial charge in [-0.25, -0.2) is 23.7 Å². The van der Waals surface area contributed by atoms with Crippen molar-refractivity contribution < 1.29 is 13.5 Å². The molecule has 0 N–H and O–H groups in total. The minimum absolute atomic E-state index is 0.321. The summed E-state index contributed by atoms with van der Waals surface area (Å²) in [6.45, 7) is 0. The van der Waals surface area contributed by atoms with E-state index in [1.807, 2.05) is 49.3 Å². The van der Waals surface area contributed by atoms with Gasteiger partial charge in [0.25, 0.3) is 0 Å². The van der Waals surface area contributed by atoms with Crippen molar-refractivity contribution >= 4 is 38.2 Å². The number of hydrogen-bond acceptors (Lipinski definition) is 7. The zero-order chi connectivity index (χ0) is 26.8. The van der Waals surface area contributed by atoms with Gasteiger partial charge in [0.1, 0.15) is 17.7 Å². The molecule has 1 aliphatic rings. The second kappa shape index (κ2) is 8.74. The largest absolute Gasteiger partial charge is 0.437 e. The van der Waals surface area contributed by atoms with E-state index in [1.54, 1.807) is 28.8 Å². The molecule has 0 spiro atoms. The van der Waals surface area contributed by atoms with E-state index in [0.717, 1.165) is 15.7 Å². The van der Waals surface area contributed by atoms with Gasteiger partial charge in [-0.1, -0.05) is 18.2 Å². The van der Waals surface area contributed by atoms with Crippen LogP contribution in [0.1, 0.15) is 22.6 Å². The van der Waals surface area contributed by atoms with Gasteiger partial charge >= 0.3 is 5.63 Å². The summed E-state index contributed by atoms with van der Waals surface area (Å²) < 4.78 is 28.1. The van der Waals surface area contributed by atoms with Crippen LogP contribution >= 0.6 is 15.9 Å². The Kier molecular flexibility index (Phi) is 5.27. The zero-order valence-corrected chi connectivity index (χ0v) is 22.3. The number of benzene rings is 3. The summed E-state index contributed by atoms with van der Waals surface area (Å²) in [5.74, 6) is 0.157. The molecule has 1 unspecified atom stereocenters. The highest BCUT2D eigenvalue weighted by Crippen LogP contribution is 2.49. The minimum Gasteiger partial charge on any atom is -0.437 e. The molecule has 0 saturated heterocycles. The van der Waals surface area contributed by atoms with Gasteiger partial charge in [0.2, 0.25) is 5.88 Å². The summed E-state index contributed by atoms with van der Waals surface area (Å²) >= 11 is 3.69.